The molecule has 0 saturated heterocycles. The zero-order valence-electron chi connectivity index (χ0n) is 23.4. The summed E-state index contributed by atoms with van der Waals surface area (Å²) in [6.45, 7) is 9.76. The highest BCUT2D eigenvalue weighted by Gasteiger charge is 2.33. The highest BCUT2D eigenvalue weighted by atomic mass is 32.2. The van der Waals surface area contributed by atoms with E-state index in [-0.39, 0.29) is 23.3 Å². The molecule has 8 heteroatoms. The number of carbonyl (C=O) groups is 2. The van der Waals surface area contributed by atoms with E-state index < -0.39 is 28.5 Å². The van der Waals surface area contributed by atoms with Gasteiger partial charge >= 0.3 is 0 Å². The van der Waals surface area contributed by atoms with Gasteiger partial charge in [0.1, 0.15) is 12.6 Å². The number of carbonyl (C=O) groups excluding carboxylic acids is 2. The smallest absolute Gasteiger partial charge is 0.264 e. The highest BCUT2D eigenvalue weighted by Crippen LogP contribution is 2.29. The summed E-state index contributed by atoms with van der Waals surface area (Å²) < 4.78 is 28.9. The standard InChI is InChI=1S/C31H39N3O4S/c1-23(2)21-32-31(36)26(5)33(20-19-27-14-8-6-9-15-27)30(35)22-34(29-18-12-13-24(3)25(29)4)39(37,38)28-16-10-7-11-17-28/h6-18,23,26H,19-22H2,1-5H3,(H,32,36)/t26-/m1/s1. The molecule has 1 atom stereocenters. The van der Waals surface area contributed by atoms with Gasteiger partial charge in [0.25, 0.3) is 10.0 Å². The molecule has 0 spiro atoms. The molecule has 3 aromatic carbocycles. The number of amides is 2. The third-order valence-corrected chi connectivity index (χ3v) is 8.56. The average molecular weight is 550 g/mol. The SMILES string of the molecule is Cc1cccc(N(CC(=O)N(CCc2ccccc2)[C@H](C)C(=O)NCC(C)C)S(=O)(=O)c2ccccc2)c1C. The topological polar surface area (TPSA) is 86.8 Å². The molecule has 0 aliphatic rings. The molecule has 0 fully saturated rings. The fourth-order valence-electron chi connectivity index (χ4n) is 4.26. The van der Waals surface area contributed by atoms with E-state index in [4.69, 9.17) is 0 Å². The fourth-order valence-corrected chi connectivity index (χ4v) is 5.75. The summed E-state index contributed by atoms with van der Waals surface area (Å²) in [6.07, 6.45) is 0.531. The van der Waals surface area contributed by atoms with Gasteiger partial charge < -0.3 is 10.2 Å². The maximum absolute atomic E-state index is 13.9. The molecule has 0 aliphatic heterocycles. The number of hydrogen-bond donors (Lipinski definition) is 1. The predicted octanol–water partition coefficient (Wildman–Crippen LogP) is 4.73. The molecule has 0 unspecified atom stereocenters. The van der Waals surface area contributed by atoms with E-state index >= 15 is 0 Å². The summed E-state index contributed by atoms with van der Waals surface area (Å²) in [5, 5.41) is 2.91. The average Bonchev–Trinajstić information content (AvgIpc) is 2.93. The molecule has 39 heavy (non-hydrogen) atoms. The Labute approximate surface area is 232 Å². The Balaban J connectivity index is 1.99. The quantitative estimate of drug-likeness (QED) is 0.354. The first kappa shape index (κ1) is 29.9. The summed E-state index contributed by atoms with van der Waals surface area (Å²) in [5.41, 5.74) is 3.14. The van der Waals surface area contributed by atoms with Gasteiger partial charge in [0.15, 0.2) is 0 Å². The van der Waals surface area contributed by atoms with Crippen molar-refractivity contribution in [1.82, 2.24) is 10.2 Å². The van der Waals surface area contributed by atoms with Crippen molar-refractivity contribution in [1.29, 1.82) is 0 Å². The highest BCUT2D eigenvalue weighted by molar-refractivity contribution is 7.92. The number of hydrogen-bond acceptors (Lipinski definition) is 4. The second-order valence-corrected chi connectivity index (χ2v) is 12.0. The second kappa shape index (κ2) is 13.4. The van der Waals surface area contributed by atoms with E-state index in [1.807, 2.05) is 64.1 Å². The molecule has 3 aromatic rings. The van der Waals surface area contributed by atoms with E-state index in [1.165, 1.54) is 21.3 Å². The molecule has 2 amide bonds. The van der Waals surface area contributed by atoms with Gasteiger partial charge in [-0.2, -0.15) is 0 Å². The van der Waals surface area contributed by atoms with Crippen molar-refractivity contribution in [2.75, 3.05) is 23.9 Å². The van der Waals surface area contributed by atoms with Crippen LogP contribution in [0, 0.1) is 19.8 Å². The van der Waals surface area contributed by atoms with E-state index in [2.05, 4.69) is 5.32 Å². The minimum absolute atomic E-state index is 0.0947. The molecule has 0 radical (unpaired) electrons. The lowest BCUT2D eigenvalue weighted by molar-refractivity contribution is -0.138. The number of benzene rings is 3. The van der Waals surface area contributed by atoms with Crippen LogP contribution in [-0.4, -0.2) is 50.8 Å². The van der Waals surface area contributed by atoms with Crippen LogP contribution in [0.4, 0.5) is 5.69 Å². The van der Waals surface area contributed by atoms with Crippen LogP contribution in [-0.2, 0) is 26.0 Å². The molecule has 0 bridgehead atoms. The van der Waals surface area contributed by atoms with E-state index in [9.17, 15) is 18.0 Å². The van der Waals surface area contributed by atoms with Crippen LogP contribution in [0.1, 0.15) is 37.5 Å². The van der Waals surface area contributed by atoms with Gasteiger partial charge in [0, 0.05) is 13.1 Å². The molecule has 0 saturated carbocycles. The van der Waals surface area contributed by atoms with Crippen LogP contribution < -0.4 is 9.62 Å². The number of rotatable bonds is 12. The lowest BCUT2D eigenvalue weighted by Crippen LogP contribution is -2.52. The minimum atomic E-state index is -4.07. The third-order valence-electron chi connectivity index (χ3n) is 6.79. The molecule has 208 valence electrons. The Morgan fingerprint density at radius 1 is 0.846 bits per heavy atom. The first-order valence-electron chi connectivity index (χ1n) is 13.3. The number of anilines is 1. The maximum atomic E-state index is 13.9. The zero-order valence-corrected chi connectivity index (χ0v) is 24.2. The van der Waals surface area contributed by atoms with E-state index in [1.54, 1.807) is 37.3 Å². The van der Waals surface area contributed by atoms with Gasteiger partial charge in [-0.15, -0.1) is 0 Å². The van der Waals surface area contributed by atoms with Gasteiger partial charge in [-0.25, -0.2) is 8.42 Å². The molecule has 0 heterocycles. The number of sulfonamides is 1. The molecular formula is C31H39N3O4S. The Hall–Kier alpha value is -3.65. The monoisotopic (exact) mass is 549 g/mol. The molecule has 0 aromatic heterocycles. The van der Waals surface area contributed by atoms with Gasteiger partial charge in [0.05, 0.1) is 10.6 Å². The lowest BCUT2D eigenvalue weighted by Gasteiger charge is -2.32. The van der Waals surface area contributed by atoms with Crippen LogP contribution in [0.25, 0.3) is 0 Å². The van der Waals surface area contributed by atoms with Crippen molar-refractivity contribution in [3.8, 4) is 0 Å². The Morgan fingerprint density at radius 2 is 1.46 bits per heavy atom. The van der Waals surface area contributed by atoms with Crippen molar-refractivity contribution < 1.29 is 18.0 Å². The summed E-state index contributed by atoms with van der Waals surface area (Å²) in [5.74, 6) is -0.460. The van der Waals surface area contributed by atoms with E-state index in [0.717, 1.165) is 16.7 Å². The Bertz CT molecular complexity index is 1360. The second-order valence-electron chi connectivity index (χ2n) is 10.2. The summed E-state index contributed by atoms with van der Waals surface area (Å²) in [6, 6.07) is 22.4. The summed E-state index contributed by atoms with van der Waals surface area (Å²) in [7, 11) is -4.07. The minimum Gasteiger partial charge on any atom is -0.354 e. The maximum Gasteiger partial charge on any atom is 0.264 e. The summed E-state index contributed by atoms with van der Waals surface area (Å²) >= 11 is 0. The molecule has 0 aliphatic carbocycles. The first-order valence-corrected chi connectivity index (χ1v) is 14.7. The van der Waals surface area contributed by atoms with Crippen LogP contribution in [0.15, 0.2) is 83.8 Å². The molecular weight excluding hydrogens is 510 g/mol. The Kier molecular flexibility index (Phi) is 10.3. The van der Waals surface area contributed by atoms with Crippen LogP contribution in [0.2, 0.25) is 0 Å². The first-order chi connectivity index (χ1) is 18.5. The molecule has 1 N–H and O–H groups in total. The van der Waals surface area contributed by atoms with Gasteiger partial charge in [0.2, 0.25) is 11.8 Å². The largest absolute Gasteiger partial charge is 0.354 e. The zero-order chi connectivity index (χ0) is 28.6. The van der Waals surface area contributed by atoms with Crippen molar-refractivity contribution in [2.45, 2.75) is 52.0 Å². The van der Waals surface area contributed by atoms with Gasteiger partial charge in [-0.1, -0.05) is 74.5 Å². The predicted molar refractivity (Wildman–Crippen MR) is 156 cm³/mol. The molecule has 3 rings (SSSR count). The van der Waals surface area contributed by atoms with Gasteiger partial charge in [-0.3, -0.25) is 13.9 Å². The normalized spacial score (nSPS) is 12.2. The van der Waals surface area contributed by atoms with Crippen molar-refractivity contribution in [2.24, 2.45) is 5.92 Å². The van der Waals surface area contributed by atoms with Crippen LogP contribution >= 0.6 is 0 Å². The van der Waals surface area contributed by atoms with Gasteiger partial charge in [-0.05, 0) is 68.0 Å². The van der Waals surface area contributed by atoms with E-state index in [0.29, 0.717) is 18.7 Å². The van der Waals surface area contributed by atoms with Crippen molar-refractivity contribution in [3.63, 3.8) is 0 Å². The van der Waals surface area contributed by atoms with Crippen molar-refractivity contribution in [3.05, 3.63) is 95.6 Å². The number of aryl methyl sites for hydroxylation is 1. The third kappa shape index (κ3) is 7.69. The number of nitrogens with zero attached hydrogens (tertiary/aromatic N) is 2. The fraction of sp³-hybridized carbons (Fsp3) is 0.355. The molecule has 7 nitrogen and oxygen atoms in total. The summed E-state index contributed by atoms with van der Waals surface area (Å²) in [4.78, 5) is 28.6. The van der Waals surface area contributed by atoms with Crippen LogP contribution in [0.3, 0.4) is 0 Å². The van der Waals surface area contributed by atoms with Crippen molar-refractivity contribution >= 4 is 27.5 Å². The number of nitrogens with one attached hydrogen (secondary N) is 1. The lowest BCUT2D eigenvalue weighted by atomic mass is 10.1. The van der Waals surface area contributed by atoms with Crippen LogP contribution in [0.5, 0.6) is 0 Å². The Morgan fingerprint density at radius 3 is 2.08 bits per heavy atom.